The summed E-state index contributed by atoms with van der Waals surface area (Å²) in [5, 5.41) is 0. The summed E-state index contributed by atoms with van der Waals surface area (Å²) >= 11 is 0. The Hall–Kier alpha value is 0.380. The van der Waals surface area contributed by atoms with Gasteiger partial charge in [-0.2, -0.15) is 0 Å². The van der Waals surface area contributed by atoms with E-state index in [1.54, 1.807) is 0 Å². The summed E-state index contributed by atoms with van der Waals surface area (Å²) in [6.07, 6.45) is 9.87. The molecular formula is C12H23NaO5S. The SMILES string of the molecule is CCCCCCCCCCCC(=O)OS(=O)(=O)[O-].[Na+]. The number of carbonyl (C=O) groups excluding carboxylic acids is 1. The molecule has 0 unspecified atom stereocenters. The third-order valence-corrected chi connectivity index (χ3v) is 3.07. The second-order valence-corrected chi connectivity index (χ2v) is 5.43. The van der Waals surface area contributed by atoms with Crippen LogP contribution >= 0.6 is 0 Å². The Labute approximate surface area is 138 Å². The average molecular weight is 302 g/mol. The predicted molar refractivity (Wildman–Crippen MR) is 67.6 cm³/mol. The molecule has 0 atom stereocenters. The Kier molecular flexibility index (Phi) is 15.2. The standard InChI is InChI=1S/C12H24O5S.Na/c1-2-3-4-5-6-7-8-9-10-11-12(13)17-18(14,15)16;/h2-11H2,1H3,(H,14,15,16);/q;+1/p-1. The summed E-state index contributed by atoms with van der Waals surface area (Å²) < 4.78 is 34.0. The molecule has 0 aliphatic heterocycles. The third kappa shape index (κ3) is 18.4. The van der Waals surface area contributed by atoms with Gasteiger partial charge in [0.2, 0.25) is 0 Å². The Morgan fingerprint density at radius 2 is 1.37 bits per heavy atom. The summed E-state index contributed by atoms with van der Waals surface area (Å²) in [6.45, 7) is 2.18. The molecular weight excluding hydrogens is 279 g/mol. The fraction of sp³-hybridized carbons (Fsp3) is 0.917. The van der Waals surface area contributed by atoms with Gasteiger partial charge in [-0.3, -0.25) is 4.79 Å². The molecule has 7 heteroatoms. The van der Waals surface area contributed by atoms with Crippen molar-refractivity contribution in [1.82, 2.24) is 0 Å². The van der Waals surface area contributed by atoms with Crippen molar-refractivity contribution < 1.29 is 51.5 Å². The zero-order valence-corrected chi connectivity index (χ0v) is 14.8. The molecule has 0 heterocycles. The predicted octanol–water partition coefficient (Wildman–Crippen LogP) is -0.0853. The van der Waals surface area contributed by atoms with Crippen LogP contribution in [-0.2, 0) is 19.4 Å². The van der Waals surface area contributed by atoms with Crippen molar-refractivity contribution in [3.8, 4) is 0 Å². The normalized spacial score (nSPS) is 10.8. The van der Waals surface area contributed by atoms with Crippen molar-refractivity contribution in [3.05, 3.63) is 0 Å². The van der Waals surface area contributed by atoms with Crippen LogP contribution < -0.4 is 29.6 Å². The number of carbonyl (C=O) groups is 1. The van der Waals surface area contributed by atoms with Gasteiger partial charge in [-0.25, -0.2) is 8.42 Å². The Bertz CT molecular complexity index is 316. The molecule has 0 radical (unpaired) electrons. The first-order valence-corrected chi connectivity index (χ1v) is 7.97. The van der Waals surface area contributed by atoms with Crippen molar-refractivity contribution >= 4 is 16.4 Å². The van der Waals surface area contributed by atoms with E-state index in [1.165, 1.54) is 32.1 Å². The first-order valence-electron chi connectivity index (χ1n) is 6.64. The molecule has 0 aromatic rings. The van der Waals surface area contributed by atoms with Crippen LogP contribution in [0.15, 0.2) is 0 Å². The van der Waals surface area contributed by atoms with Gasteiger partial charge in [0.05, 0.1) is 0 Å². The maximum atomic E-state index is 10.9. The number of unbranched alkanes of at least 4 members (excludes halogenated alkanes) is 8. The molecule has 0 aromatic carbocycles. The first kappa shape index (κ1) is 21.7. The Morgan fingerprint density at radius 3 is 1.79 bits per heavy atom. The van der Waals surface area contributed by atoms with Crippen LogP contribution in [0.25, 0.3) is 0 Å². The molecule has 0 fully saturated rings. The van der Waals surface area contributed by atoms with Gasteiger partial charge in [-0.15, -0.1) is 0 Å². The summed E-state index contributed by atoms with van der Waals surface area (Å²) in [5.41, 5.74) is 0. The van der Waals surface area contributed by atoms with Crippen molar-refractivity contribution in [2.24, 2.45) is 0 Å². The van der Waals surface area contributed by atoms with Gasteiger partial charge < -0.3 is 8.74 Å². The second-order valence-electron chi connectivity index (χ2n) is 4.44. The van der Waals surface area contributed by atoms with Gasteiger partial charge >= 0.3 is 35.5 Å². The van der Waals surface area contributed by atoms with Crippen LogP contribution in [0.3, 0.4) is 0 Å². The van der Waals surface area contributed by atoms with E-state index in [0.717, 1.165) is 19.3 Å². The topological polar surface area (TPSA) is 83.5 Å². The van der Waals surface area contributed by atoms with E-state index in [0.29, 0.717) is 6.42 Å². The van der Waals surface area contributed by atoms with Gasteiger partial charge in [-0.05, 0) is 6.42 Å². The minimum atomic E-state index is -4.88. The molecule has 0 rings (SSSR count). The molecule has 0 saturated heterocycles. The fourth-order valence-corrected chi connectivity index (χ4v) is 2.05. The van der Waals surface area contributed by atoms with Gasteiger partial charge in [0.1, 0.15) is 0 Å². The van der Waals surface area contributed by atoms with Gasteiger partial charge in [0.25, 0.3) is 10.4 Å². The van der Waals surface area contributed by atoms with Gasteiger partial charge in [-0.1, -0.05) is 58.3 Å². The van der Waals surface area contributed by atoms with Crippen LogP contribution in [-0.4, -0.2) is 18.9 Å². The molecule has 0 bridgehead atoms. The molecule has 0 N–H and O–H groups in total. The van der Waals surface area contributed by atoms with Gasteiger partial charge in [0.15, 0.2) is 0 Å². The van der Waals surface area contributed by atoms with E-state index in [9.17, 15) is 17.8 Å². The smallest absolute Gasteiger partial charge is 0.716 e. The summed E-state index contributed by atoms with van der Waals surface area (Å²) in [4.78, 5) is 10.9. The largest absolute Gasteiger partial charge is 1.00 e. The summed E-state index contributed by atoms with van der Waals surface area (Å²) in [7, 11) is -4.88. The van der Waals surface area contributed by atoms with Gasteiger partial charge in [0, 0.05) is 6.42 Å². The number of hydrogen-bond donors (Lipinski definition) is 0. The van der Waals surface area contributed by atoms with E-state index in [-0.39, 0.29) is 36.0 Å². The second kappa shape index (κ2) is 13.4. The average Bonchev–Trinajstić information content (AvgIpc) is 2.24. The van der Waals surface area contributed by atoms with Crippen LogP contribution in [0.5, 0.6) is 0 Å². The van der Waals surface area contributed by atoms with Crippen LogP contribution in [0, 0.1) is 0 Å². The zero-order valence-electron chi connectivity index (χ0n) is 12.0. The number of hydrogen-bond acceptors (Lipinski definition) is 5. The molecule has 0 spiro atoms. The first-order chi connectivity index (χ1) is 8.45. The van der Waals surface area contributed by atoms with E-state index < -0.39 is 16.4 Å². The van der Waals surface area contributed by atoms with Crippen molar-refractivity contribution in [3.63, 3.8) is 0 Å². The molecule has 108 valence electrons. The Balaban J connectivity index is 0. The van der Waals surface area contributed by atoms with Crippen LogP contribution in [0.4, 0.5) is 0 Å². The maximum absolute atomic E-state index is 10.9. The molecule has 0 saturated carbocycles. The molecule has 0 amide bonds. The molecule has 5 nitrogen and oxygen atoms in total. The minimum absolute atomic E-state index is 0. The van der Waals surface area contributed by atoms with Crippen LogP contribution in [0.2, 0.25) is 0 Å². The third-order valence-electron chi connectivity index (χ3n) is 2.68. The summed E-state index contributed by atoms with van der Waals surface area (Å²) in [5.74, 6) is -0.951. The van der Waals surface area contributed by atoms with Crippen molar-refractivity contribution in [2.45, 2.75) is 71.1 Å². The number of rotatable bonds is 11. The van der Waals surface area contributed by atoms with E-state index in [4.69, 9.17) is 0 Å². The van der Waals surface area contributed by atoms with E-state index in [2.05, 4.69) is 11.1 Å². The molecule has 0 aliphatic carbocycles. The molecule has 0 aliphatic rings. The molecule has 0 aromatic heterocycles. The van der Waals surface area contributed by atoms with Crippen molar-refractivity contribution in [2.75, 3.05) is 0 Å². The molecule has 19 heavy (non-hydrogen) atoms. The minimum Gasteiger partial charge on any atom is -0.716 e. The zero-order chi connectivity index (χ0) is 13.9. The quantitative estimate of drug-likeness (QED) is 0.231. The fourth-order valence-electron chi connectivity index (χ4n) is 1.74. The summed E-state index contributed by atoms with van der Waals surface area (Å²) in [6, 6.07) is 0. The van der Waals surface area contributed by atoms with E-state index >= 15 is 0 Å². The monoisotopic (exact) mass is 302 g/mol. The van der Waals surface area contributed by atoms with Crippen LogP contribution in [0.1, 0.15) is 71.1 Å². The maximum Gasteiger partial charge on any atom is 1.00 e. The van der Waals surface area contributed by atoms with Crippen molar-refractivity contribution in [1.29, 1.82) is 0 Å². The Morgan fingerprint density at radius 1 is 0.947 bits per heavy atom. The van der Waals surface area contributed by atoms with E-state index in [1.807, 2.05) is 0 Å².